The Morgan fingerprint density at radius 3 is 2.58 bits per heavy atom. The number of hydrogen-bond acceptors (Lipinski definition) is 2. The number of imidazole rings is 1. The molecule has 0 saturated carbocycles. The Labute approximate surface area is 150 Å². The largest absolute Gasteiger partial charge is 0.385 e. The normalized spacial score (nSPS) is 12.6. The molecule has 5 heteroatoms. The summed E-state index contributed by atoms with van der Waals surface area (Å²) in [6.45, 7) is 3.50. The van der Waals surface area contributed by atoms with E-state index in [4.69, 9.17) is 5.73 Å². The van der Waals surface area contributed by atoms with Gasteiger partial charge in [-0.2, -0.15) is 0 Å². The summed E-state index contributed by atoms with van der Waals surface area (Å²) in [5.41, 5.74) is 9.47. The molecular formula is C19H23BrN3O+. The number of benzene rings is 2. The molecule has 2 aromatic carbocycles. The molecule has 1 heterocycles. The average molecular weight is 389 g/mol. The van der Waals surface area contributed by atoms with E-state index in [1.807, 2.05) is 41.0 Å². The zero-order chi connectivity index (χ0) is 17.1. The van der Waals surface area contributed by atoms with E-state index in [0.717, 1.165) is 40.5 Å². The smallest absolute Gasteiger partial charge is 0.356 e. The monoisotopic (exact) mass is 388 g/mol. The fourth-order valence-corrected chi connectivity index (χ4v) is 3.28. The van der Waals surface area contributed by atoms with Crippen molar-refractivity contribution in [3.63, 3.8) is 0 Å². The number of hydrogen-bond donors (Lipinski definition) is 2. The van der Waals surface area contributed by atoms with E-state index in [2.05, 4.69) is 39.6 Å². The minimum absolute atomic E-state index is 0.438. The van der Waals surface area contributed by atoms with Gasteiger partial charge in [0.05, 0.1) is 6.54 Å². The molecule has 3 aromatic rings. The summed E-state index contributed by atoms with van der Waals surface area (Å²) in [7, 11) is 0. The maximum atomic E-state index is 10.6. The van der Waals surface area contributed by atoms with Gasteiger partial charge in [0.2, 0.25) is 0 Å². The summed E-state index contributed by atoms with van der Waals surface area (Å²) in [5.74, 6) is 0.695. The van der Waals surface area contributed by atoms with Crippen LogP contribution in [0.5, 0.6) is 0 Å². The third-order valence-corrected chi connectivity index (χ3v) is 4.89. The molecule has 3 rings (SSSR count). The summed E-state index contributed by atoms with van der Waals surface area (Å²) in [6, 6.07) is 15.9. The van der Waals surface area contributed by atoms with Gasteiger partial charge in [-0.25, -0.2) is 9.13 Å². The van der Waals surface area contributed by atoms with Crippen molar-refractivity contribution in [2.45, 2.75) is 39.0 Å². The summed E-state index contributed by atoms with van der Waals surface area (Å²) in [4.78, 5) is 0. The molecule has 0 spiro atoms. The number of nitrogens with two attached hydrogens (primary N) is 1. The zero-order valence-corrected chi connectivity index (χ0v) is 15.4. The molecule has 24 heavy (non-hydrogen) atoms. The molecule has 0 bridgehead atoms. The number of halogens is 1. The van der Waals surface area contributed by atoms with Gasteiger partial charge in [-0.15, -0.1) is 0 Å². The minimum Gasteiger partial charge on any atom is -0.385 e. The highest BCUT2D eigenvalue weighted by molar-refractivity contribution is 9.10. The highest BCUT2D eigenvalue weighted by Crippen LogP contribution is 2.21. The Bertz CT molecular complexity index is 826. The number of rotatable bonds is 6. The molecule has 0 radical (unpaired) electrons. The molecule has 0 aliphatic rings. The van der Waals surface area contributed by atoms with Crippen molar-refractivity contribution in [1.82, 2.24) is 4.57 Å². The Balaban J connectivity index is 1.96. The van der Waals surface area contributed by atoms with Crippen LogP contribution in [0.15, 0.2) is 53.0 Å². The number of aliphatic hydroxyl groups excluding tert-OH is 1. The minimum atomic E-state index is -0.601. The lowest BCUT2D eigenvalue weighted by Crippen LogP contribution is -2.39. The predicted octanol–water partition coefficient (Wildman–Crippen LogP) is 3.81. The summed E-state index contributed by atoms with van der Waals surface area (Å²) in [6.07, 6.45) is 1.60. The zero-order valence-electron chi connectivity index (χ0n) is 13.8. The van der Waals surface area contributed by atoms with Gasteiger partial charge in [-0.05, 0) is 36.2 Å². The maximum absolute atomic E-state index is 10.6. The Hall–Kier alpha value is -1.85. The van der Waals surface area contributed by atoms with Crippen molar-refractivity contribution < 1.29 is 9.67 Å². The standard InChI is InChI=1S/C19H22BrN3O/c1-2-3-12-22-16-6-4-5-7-17(16)23(19(22)21)13-18(24)14-8-10-15(20)11-9-14/h4-11,18,21,24H,2-3,12-13H2,1H3/p+1/t18-/m0/s1. The molecular weight excluding hydrogens is 366 g/mol. The molecule has 1 atom stereocenters. The van der Waals surface area contributed by atoms with Gasteiger partial charge in [-0.3, -0.25) is 5.73 Å². The number of aliphatic hydroxyl groups is 1. The molecule has 1 aromatic heterocycles. The lowest BCUT2D eigenvalue weighted by atomic mass is 10.1. The van der Waals surface area contributed by atoms with E-state index in [0.29, 0.717) is 12.5 Å². The van der Waals surface area contributed by atoms with Crippen molar-refractivity contribution in [2.24, 2.45) is 0 Å². The van der Waals surface area contributed by atoms with Crippen LogP contribution in [0.3, 0.4) is 0 Å². The first-order chi connectivity index (χ1) is 11.6. The van der Waals surface area contributed by atoms with Gasteiger partial charge >= 0.3 is 5.95 Å². The number of nitrogens with zero attached hydrogens (tertiary/aromatic N) is 2. The van der Waals surface area contributed by atoms with E-state index in [1.54, 1.807) is 0 Å². The highest BCUT2D eigenvalue weighted by atomic mass is 79.9. The van der Waals surface area contributed by atoms with E-state index in [1.165, 1.54) is 0 Å². The third kappa shape index (κ3) is 3.32. The van der Waals surface area contributed by atoms with Crippen LogP contribution in [0.25, 0.3) is 11.0 Å². The lowest BCUT2D eigenvalue weighted by Gasteiger charge is -2.11. The van der Waals surface area contributed by atoms with Gasteiger partial charge in [0.1, 0.15) is 23.7 Å². The predicted molar refractivity (Wildman–Crippen MR) is 101 cm³/mol. The quantitative estimate of drug-likeness (QED) is 0.630. The molecule has 4 nitrogen and oxygen atoms in total. The van der Waals surface area contributed by atoms with E-state index < -0.39 is 6.10 Å². The van der Waals surface area contributed by atoms with Crippen LogP contribution >= 0.6 is 15.9 Å². The van der Waals surface area contributed by atoms with E-state index in [-0.39, 0.29) is 0 Å². The number of fused-ring (bicyclic) bond motifs is 1. The molecule has 3 N–H and O–H groups in total. The molecule has 0 saturated heterocycles. The van der Waals surface area contributed by atoms with Crippen LogP contribution in [0.4, 0.5) is 5.95 Å². The van der Waals surface area contributed by atoms with Crippen molar-refractivity contribution in [1.29, 1.82) is 0 Å². The fourth-order valence-electron chi connectivity index (χ4n) is 3.02. The summed E-state index contributed by atoms with van der Waals surface area (Å²) in [5, 5.41) is 10.6. The number of unbranched alkanes of at least 4 members (excludes halogenated alkanes) is 1. The molecule has 0 amide bonds. The Kier molecular flexibility index (Phi) is 5.21. The first-order valence-corrected chi connectivity index (χ1v) is 9.11. The second-order valence-electron chi connectivity index (χ2n) is 6.03. The first kappa shape index (κ1) is 17.0. The second-order valence-corrected chi connectivity index (χ2v) is 6.95. The van der Waals surface area contributed by atoms with Crippen LogP contribution in [0, 0.1) is 0 Å². The number of aryl methyl sites for hydroxylation is 1. The summed E-state index contributed by atoms with van der Waals surface area (Å²) < 4.78 is 5.16. The number of anilines is 1. The molecule has 0 aliphatic heterocycles. The van der Waals surface area contributed by atoms with Crippen molar-refractivity contribution >= 4 is 32.9 Å². The van der Waals surface area contributed by atoms with E-state index >= 15 is 0 Å². The average Bonchev–Trinajstić information content (AvgIpc) is 2.85. The Morgan fingerprint density at radius 1 is 1.17 bits per heavy atom. The number of para-hydroxylation sites is 2. The topological polar surface area (TPSA) is 55.1 Å². The lowest BCUT2D eigenvalue weighted by molar-refractivity contribution is -0.666. The molecule has 0 aliphatic carbocycles. The first-order valence-electron chi connectivity index (χ1n) is 8.32. The van der Waals surface area contributed by atoms with Gasteiger partial charge in [0.25, 0.3) is 0 Å². The molecule has 0 fully saturated rings. The molecule has 0 unspecified atom stereocenters. The van der Waals surface area contributed by atoms with Crippen LogP contribution < -0.4 is 10.3 Å². The van der Waals surface area contributed by atoms with Crippen LogP contribution in [-0.2, 0) is 13.1 Å². The molecule has 126 valence electrons. The summed E-state index contributed by atoms with van der Waals surface area (Å²) >= 11 is 3.42. The SMILES string of the molecule is CCCCn1c(N)[n+](C[C@H](O)c2ccc(Br)cc2)c2ccccc21. The highest BCUT2D eigenvalue weighted by Gasteiger charge is 2.22. The van der Waals surface area contributed by atoms with Crippen LogP contribution in [0.2, 0.25) is 0 Å². The van der Waals surface area contributed by atoms with Gasteiger partial charge < -0.3 is 5.11 Å². The van der Waals surface area contributed by atoms with Crippen molar-refractivity contribution in [2.75, 3.05) is 5.73 Å². The van der Waals surface area contributed by atoms with Gasteiger partial charge in [0, 0.05) is 4.47 Å². The number of aromatic nitrogens is 2. The third-order valence-electron chi connectivity index (χ3n) is 4.36. The van der Waals surface area contributed by atoms with Crippen LogP contribution in [-0.4, -0.2) is 9.67 Å². The van der Waals surface area contributed by atoms with Crippen molar-refractivity contribution in [3.8, 4) is 0 Å². The number of nitrogen functional groups attached to an aromatic ring is 1. The van der Waals surface area contributed by atoms with Gasteiger partial charge in [-0.1, -0.05) is 53.5 Å². The van der Waals surface area contributed by atoms with E-state index in [9.17, 15) is 5.11 Å². The maximum Gasteiger partial charge on any atom is 0.356 e. The Morgan fingerprint density at radius 2 is 1.88 bits per heavy atom. The van der Waals surface area contributed by atoms with Crippen LogP contribution in [0.1, 0.15) is 31.4 Å². The second kappa shape index (κ2) is 7.36. The van der Waals surface area contributed by atoms with Gasteiger partial charge in [0.15, 0.2) is 0 Å². The fraction of sp³-hybridized carbons (Fsp3) is 0.316. The van der Waals surface area contributed by atoms with Crippen molar-refractivity contribution in [3.05, 3.63) is 58.6 Å².